The predicted octanol–water partition coefficient (Wildman–Crippen LogP) is -0.163. The van der Waals surface area contributed by atoms with E-state index in [1.807, 2.05) is 10.8 Å². The number of nitrogens with zero attached hydrogens (tertiary/aromatic N) is 3. The quantitative estimate of drug-likeness (QED) is 0.636. The van der Waals surface area contributed by atoms with Gasteiger partial charge in [0.05, 0.1) is 6.33 Å². The van der Waals surface area contributed by atoms with Gasteiger partial charge in [0.1, 0.15) is 11.5 Å². The number of hydrogen-bond acceptors (Lipinski definition) is 5. The first-order valence-electron chi connectivity index (χ1n) is 6.45. The zero-order chi connectivity index (χ0) is 14.5. The number of aryl methyl sites for hydroxylation is 1. The van der Waals surface area contributed by atoms with Crippen LogP contribution in [-0.2, 0) is 13.1 Å². The molecule has 0 aliphatic rings. The Morgan fingerprint density at radius 1 is 1.45 bits per heavy atom. The molecule has 0 aromatic carbocycles. The molecule has 0 bridgehead atoms. The van der Waals surface area contributed by atoms with Crippen LogP contribution in [0.5, 0.6) is 0 Å². The second-order valence-electron chi connectivity index (χ2n) is 4.34. The Hall–Kier alpha value is -2.51. The number of nitrogen functional groups attached to an aromatic ring is 1. The first-order valence-corrected chi connectivity index (χ1v) is 6.45. The highest BCUT2D eigenvalue weighted by Crippen LogP contribution is 2.09. The van der Waals surface area contributed by atoms with Gasteiger partial charge in [-0.25, -0.2) is 9.78 Å². The summed E-state index contributed by atoms with van der Waals surface area (Å²) in [6, 6.07) is 0. The topological polar surface area (TPSA) is 111 Å². The van der Waals surface area contributed by atoms with Crippen LogP contribution >= 0.6 is 0 Å². The Bertz CT molecular complexity index is 670. The minimum atomic E-state index is -0.487. The molecule has 4 N–H and O–H groups in total. The molecule has 0 fully saturated rings. The van der Waals surface area contributed by atoms with Gasteiger partial charge in [0.15, 0.2) is 0 Å². The number of nitrogens with one attached hydrogen (secondary N) is 2. The van der Waals surface area contributed by atoms with E-state index in [1.54, 1.807) is 19.4 Å². The molecule has 2 aromatic heterocycles. The van der Waals surface area contributed by atoms with Crippen molar-refractivity contribution in [2.24, 2.45) is 0 Å². The van der Waals surface area contributed by atoms with E-state index in [0.717, 1.165) is 13.0 Å². The maximum absolute atomic E-state index is 11.7. The molecular weight excluding hydrogens is 260 g/mol. The Morgan fingerprint density at radius 3 is 2.90 bits per heavy atom. The van der Waals surface area contributed by atoms with Crippen LogP contribution < -0.4 is 22.3 Å². The van der Waals surface area contributed by atoms with E-state index in [9.17, 15) is 9.59 Å². The van der Waals surface area contributed by atoms with Crippen molar-refractivity contribution in [2.45, 2.75) is 26.4 Å². The largest absolute Gasteiger partial charge is 0.383 e. The van der Waals surface area contributed by atoms with Crippen molar-refractivity contribution in [2.75, 3.05) is 17.6 Å². The van der Waals surface area contributed by atoms with E-state index in [0.29, 0.717) is 13.1 Å². The molecule has 0 atom stereocenters. The number of rotatable bonds is 6. The maximum atomic E-state index is 11.7. The zero-order valence-electron chi connectivity index (χ0n) is 11.3. The molecule has 2 rings (SSSR count). The van der Waals surface area contributed by atoms with Gasteiger partial charge in [0.25, 0.3) is 5.56 Å². The summed E-state index contributed by atoms with van der Waals surface area (Å²) in [5.74, 6) is 0.170. The molecular formula is C12H18N6O2. The summed E-state index contributed by atoms with van der Waals surface area (Å²) >= 11 is 0. The zero-order valence-corrected chi connectivity index (χ0v) is 11.3. The van der Waals surface area contributed by atoms with Crippen LogP contribution in [0.3, 0.4) is 0 Å². The van der Waals surface area contributed by atoms with Crippen LogP contribution in [0.1, 0.15) is 13.3 Å². The lowest BCUT2D eigenvalue weighted by Gasteiger charge is -2.12. The van der Waals surface area contributed by atoms with Gasteiger partial charge >= 0.3 is 5.69 Å². The molecule has 0 spiro atoms. The Morgan fingerprint density at radius 2 is 2.25 bits per heavy atom. The Balaban J connectivity index is 2.02. The molecule has 0 unspecified atom stereocenters. The number of aromatic amines is 1. The standard InChI is InChI=1S/C12H18N6O2/c1-2-18-10(13)9(11(19)16-12(18)20)15-4-3-6-17-7-5-14-8-17/h5,7-8,15H,2-4,6,13H2,1H3,(H,16,19,20). The third-order valence-electron chi connectivity index (χ3n) is 3.01. The third-order valence-corrected chi connectivity index (χ3v) is 3.01. The fourth-order valence-electron chi connectivity index (χ4n) is 1.97. The van der Waals surface area contributed by atoms with Crippen LogP contribution in [0.25, 0.3) is 0 Å². The molecule has 2 heterocycles. The summed E-state index contributed by atoms with van der Waals surface area (Å²) in [4.78, 5) is 29.4. The third kappa shape index (κ3) is 2.90. The predicted molar refractivity (Wildman–Crippen MR) is 76.7 cm³/mol. The van der Waals surface area contributed by atoms with Gasteiger partial charge in [-0.15, -0.1) is 0 Å². The van der Waals surface area contributed by atoms with Crippen molar-refractivity contribution in [1.29, 1.82) is 0 Å². The van der Waals surface area contributed by atoms with Crippen LogP contribution in [0.15, 0.2) is 28.3 Å². The van der Waals surface area contributed by atoms with Crippen molar-refractivity contribution < 1.29 is 0 Å². The molecule has 0 saturated heterocycles. The summed E-state index contributed by atoms with van der Waals surface area (Å²) in [7, 11) is 0. The number of imidazole rings is 1. The fraction of sp³-hybridized carbons (Fsp3) is 0.417. The molecule has 20 heavy (non-hydrogen) atoms. The van der Waals surface area contributed by atoms with Gasteiger partial charge in [-0.2, -0.15) is 0 Å². The van der Waals surface area contributed by atoms with E-state index in [-0.39, 0.29) is 11.5 Å². The molecule has 0 aliphatic carbocycles. The van der Waals surface area contributed by atoms with Gasteiger partial charge in [0, 0.05) is 32.0 Å². The molecule has 108 valence electrons. The second kappa shape index (κ2) is 6.09. The summed E-state index contributed by atoms with van der Waals surface area (Å²) in [5, 5.41) is 2.98. The minimum absolute atomic E-state index is 0.170. The van der Waals surface area contributed by atoms with Crippen LogP contribution in [0, 0.1) is 0 Å². The first kappa shape index (κ1) is 13.9. The highest BCUT2D eigenvalue weighted by Gasteiger charge is 2.10. The van der Waals surface area contributed by atoms with Crippen molar-refractivity contribution in [3.05, 3.63) is 39.6 Å². The van der Waals surface area contributed by atoms with Gasteiger partial charge < -0.3 is 15.6 Å². The average Bonchev–Trinajstić information content (AvgIpc) is 2.91. The number of hydrogen-bond donors (Lipinski definition) is 3. The Labute approximate surface area is 115 Å². The summed E-state index contributed by atoms with van der Waals surface area (Å²) < 4.78 is 3.27. The number of nitrogens with two attached hydrogens (primary N) is 1. The monoisotopic (exact) mass is 278 g/mol. The molecule has 8 heteroatoms. The van der Waals surface area contributed by atoms with E-state index in [1.165, 1.54) is 4.57 Å². The summed E-state index contributed by atoms with van der Waals surface area (Å²) in [6.07, 6.45) is 6.13. The second-order valence-corrected chi connectivity index (χ2v) is 4.34. The van der Waals surface area contributed by atoms with Gasteiger partial charge in [-0.1, -0.05) is 0 Å². The number of H-pyrrole nitrogens is 1. The lowest BCUT2D eigenvalue weighted by molar-refractivity contribution is 0.658. The van der Waals surface area contributed by atoms with E-state index < -0.39 is 11.2 Å². The molecule has 8 nitrogen and oxygen atoms in total. The van der Waals surface area contributed by atoms with E-state index >= 15 is 0 Å². The summed E-state index contributed by atoms with van der Waals surface area (Å²) in [6.45, 7) is 3.57. The number of anilines is 2. The number of aromatic nitrogens is 4. The van der Waals surface area contributed by atoms with Crippen LogP contribution in [-0.4, -0.2) is 25.6 Å². The lowest BCUT2D eigenvalue weighted by Crippen LogP contribution is -2.33. The highest BCUT2D eigenvalue weighted by molar-refractivity contribution is 5.60. The van der Waals surface area contributed by atoms with Gasteiger partial charge in [-0.05, 0) is 13.3 Å². The smallest absolute Gasteiger partial charge is 0.330 e. The molecule has 2 aromatic rings. The maximum Gasteiger partial charge on any atom is 0.330 e. The molecule has 0 aliphatic heterocycles. The van der Waals surface area contributed by atoms with Crippen molar-refractivity contribution in [3.63, 3.8) is 0 Å². The molecule has 0 saturated carbocycles. The van der Waals surface area contributed by atoms with Gasteiger partial charge in [0.2, 0.25) is 0 Å². The van der Waals surface area contributed by atoms with E-state index in [2.05, 4.69) is 15.3 Å². The van der Waals surface area contributed by atoms with Crippen LogP contribution in [0.4, 0.5) is 11.5 Å². The average molecular weight is 278 g/mol. The minimum Gasteiger partial charge on any atom is -0.383 e. The van der Waals surface area contributed by atoms with Crippen molar-refractivity contribution >= 4 is 11.5 Å². The SMILES string of the molecule is CCn1c(N)c(NCCCn2ccnc2)c(=O)[nH]c1=O. The Kier molecular flexibility index (Phi) is 4.24. The normalized spacial score (nSPS) is 10.7. The van der Waals surface area contributed by atoms with Crippen molar-refractivity contribution in [3.8, 4) is 0 Å². The summed E-state index contributed by atoms with van der Waals surface area (Å²) in [5.41, 5.74) is 5.11. The molecule has 0 radical (unpaired) electrons. The molecule has 0 amide bonds. The van der Waals surface area contributed by atoms with Crippen molar-refractivity contribution in [1.82, 2.24) is 19.1 Å². The first-order chi connectivity index (χ1) is 9.63. The fourth-order valence-corrected chi connectivity index (χ4v) is 1.97. The van der Waals surface area contributed by atoms with Gasteiger partial charge in [-0.3, -0.25) is 14.3 Å². The lowest BCUT2D eigenvalue weighted by atomic mass is 10.3. The van der Waals surface area contributed by atoms with E-state index in [4.69, 9.17) is 5.73 Å². The van der Waals surface area contributed by atoms with Crippen LogP contribution in [0.2, 0.25) is 0 Å². The highest BCUT2D eigenvalue weighted by atomic mass is 16.2.